The molecule has 1 aliphatic rings. The Hall–Kier alpha value is -2.51. The van der Waals surface area contributed by atoms with Gasteiger partial charge in [0, 0.05) is 53.9 Å². The predicted octanol–water partition coefficient (Wildman–Crippen LogP) is 3.44. The van der Waals surface area contributed by atoms with E-state index < -0.39 is 10.0 Å². The van der Waals surface area contributed by atoms with Crippen LogP contribution in [0.4, 0.5) is 5.69 Å². The Morgan fingerprint density at radius 3 is 2.64 bits per heavy atom. The van der Waals surface area contributed by atoms with E-state index in [0.717, 1.165) is 46.3 Å². The maximum atomic E-state index is 11.7. The molecule has 0 aliphatic carbocycles. The first-order chi connectivity index (χ1) is 13.4. The fourth-order valence-corrected chi connectivity index (χ4v) is 4.60. The molecule has 3 heterocycles. The third kappa shape index (κ3) is 4.00. The van der Waals surface area contributed by atoms with Gasteiger partial charge < -0.3 is 5.32 Å². The lowest BCUT2D eigenvalue weighted by atomic mass is 10.0. The van der Waals surface area contributed by atoms with Crippen molar-refractivity contribution in [1.29, 1.82) is 0 Å². The molecule has 28 heavy (non-hydrogen) atoms. The van der Waals surface area contributed by atoms with Crippen molar-refractivity contribution in [3.63, 3.8) is 0 Å². The zero-order chi connectivity index (χ0) is 19.7. The largest absolute Gasteiger partial charge is 0.382 e. The van der Waals surface area contributed by atoms with Gasteiger partial charge in [-0.25, -0.2) is 12.7 Å². The van der Waals surface area contributed by atoms with Gasteiger partial charge in [-0.3, -0.25) is 9.97 Å². The normalized spacial score (nSPS) is 16.4. The van der Waals surface area contributed by atoms with Crippen molar-refractivity contribution in [2.45, 2.75) is 25.8 Å². The second-order valence-corrected chi connectivity index (χ2v) is 9.35. The number of fused-ring (bicyclic) bond motifs is 1. The summed E-state index contributed by atoms with van der Waals surface area (Å²) in [5, 5.41) is 5.79. The van der Waals surface area contributed by atoms with Crippen molar-refractivity contribution in [3.05, 3.63) is 54.5 Å². The maximum absolute atomic E-state index is 11.7. The molecule has 3 aromatic rings. The Morgan fingerprint density at radius 1 is 1.14 bits per heavy atom. The lowest BCUT2D eigenvalue weighted by Crippen LogP contribution is -2.41. The van der Waals surface area contributed by atoms with Crippen LogP contribution in [0.25, 0.3) is 22.0 Å². The van der Waals surface area contributed by atoms with Gasteiger partial charge in [0.05, 0.1) is 11.9 Å². The summed E-state index contributed by atoms with van der Waals surface area (Å²) in [4.78, 5) is 8.94. The van der Waals surface area contributed by atoms with Crippen LogP contribution in [0.5, 0.6) is 0 Å². The molecular weight excluding hydrogens is 372 g/mol. The van der Waals surface area contributed by atoms with Crippen LogP contribution in [0.2, 0.25) is 0 Å². The standard InChI is InChI=1S/C21H24N4O2S/c1-15-4-3-5-20(23-15)17-12-16-6-9-22-14-19(16)21(13-17)24-18-7-10-25(11-8-18)28(2,26)27/h3-6,9,12-14,18,24H,7-8,10-11H2,1-2H3. The van der Waals surface area contributed by atoms with Crippen LogP contribution in [0.3, 0.4) is 0 Å². The minimum absolute atomic E-state index is 0.224. The van der Waals surface area contributed by atoms with E-state index in [1.807, 2.05) is 37.4 Å². The summed E-state index contributed by atoms with van der Waals surface area (Å²) in [5.74, 6) is 0. The summed E-state index contributed by atoms with van der Waals surface area (Å²) in [7, 11) is -3.12. The molecular formula is C21H24N4O2S. The van der Waals surface area contributed by atoms with E-state index in [4.69, 9.17) is 0 Å². The number of rotatable bonds is 4. The monoisotopic (exact) mass is 396 g/mol. The third-order valence-electron chi connectivity index (χ3n) is 5.22. The van der Waals surface area contributed by atoms with Crippen LogP contribution < -0.4 is 5.32 Å². The Morgan fingerprint density at radius 2 is 1.93 bits per heavy atom. The smallest absolute Gasteiger partial charge is 0.211 e. The Bertz CT molecular complexity index is 1110. The molecule has 0 saturated carbocycles. The van der Waals surface area contributed by atoms with E-state index in [2.05, 4.69) is 27.4 Å². The molecule has 4 rings (SSSR count). The molecule has 6 nitrogen and oxygen atoms in total. The number of benzene rings is 1. The van der Waals surface area contributed by atoms with Crippen molar-refractivity contribution in [3.8, 4) is 11.3 Å². The van der Waals surface area contributed by atoms with Crippen LogP contribution >= 0.6 is 0 Å². The zero-order valence-electron chi connectivity index (χ0n) is 16.1. The molecule has 2 aromatic heterocycles. The number of pyridine rings is 2. The highest BCUT2D eigenvalue weighted by molar-refractivity contribution is 7.88. The second-order valence-electron chi connectivity index (χ2n) is 7.37. The van der Waals surface area contributed by atoms with Gasteiger partial charge >= 0.3 is 0 Å². The van der Waals surface area contributed by atoms with Gasteiger partial charge in [0.25, 0.3) is 0 Å². The summed E-state index contributed by atoms with van der Waals surface area (Å²) >= 11 is 0. The van der Waals surface area contributed by atoms with Crippen LogP contribution in [0.1, 0.15) is 18.5 Å². The van der Waals surface area contributed by atoms with Gasteiger partial charge in [-0.15, -0.1) is 0 Å². The Kier molecular flexibility index (Phi) is 5.03. The van der Waals surface area contributed by atoms with Gasteiger partial charge in [-0.2, -0.15) is 0 Å². The van der Waals surface area contributed by atoms with Crippen LogP contribution in [0, 0.1) is 6.92 Å². The summed E-state index contributed by atoms with van der Waals surface area (Å²) in [5.41, 5.74) is 3.99. The number of piperidine rings is 1. The second kappa shape index (κ2) is 7.48. The van der Waals surface area contributed by atoms with Crippen LogP contribution in [0.15, 0.2) is 48.8 Å². The number of nitrogens with one attached hydrogen (secondary N) is 1. The lowest BCUT2D eigenvalue weighted by Gasteiger charge is -2.31. The number of anilines is 1. The summed E-state index contributed by atoms with van der Waals surface area (Å²) < 4.78 is 25.0. The van der Waals surface area contributed by atoms with Gasteiger partial charge in [-0.05, 0) is 55.5 Å². The molecule has 1 aliphatic heterocycles. The van der Waals surface area contributed by atoms with E-state index in [1.165, 1.54) is 6.26 Å². The minimum atomic E-state index is -3.12. The number of nitrogens with zero attached hydrogens (tertiary/aromatic N) is 3. The molecule has 0 atom stereocenters. The molecule has 0 bridgehead atoms. The Balaban J connectivity index is 1.65. The molecule has 7 heteroatoms. The average molecular weight is 397 g/mol. The lowest BCUT2D eigenvalue weighted by molar-refractivity contribution is 0.332. The highest BCUT2D eigenvalue weighted by Gasteiger charge is 2.25. The van der Waals surface area contributed by atoms with Crippen LogP contribution in [-0.4, -0.2) is 48.1 Å². The molecule has 1 N–H and O–H groups in total. The van der Waals surface area contributed by atoms with E-state index in [1.54, 1.807) is 10.5 Å². The fraction of sp³-hybridized carbons (Fsp3) is 0.333. The molecule has 0 unspecified atom stereocenters. The first kappa shape index (κ1) is 18.8. The van der Waals surface area contributed by atoms with Crippen molar-refractivity contribution >= 4 is 26.5 Å². The average Bonchev–Trinajstić information content (AvgIpc) is 2.67. The van der Waals surface area contributed by atoms with Crippen molar-refractivity contribution in [2.24, 2.45) is 0 Å². The first-order valence-electron chi connectivity index (χ1n) is 9.43. The first-order valence-corrected chi connectivity index (χ1v) is 11.3. The van der Waals surface area contributed by atoms with Crippen molar-refractivity contribution < 1.29 is 8.42 Å². The predicted molar refractivity (Wildman–Crippen MR) is 113 cm³/mol. The quantitative estimate of drug-likeness (QED) is 0.731. The highest BCUT2D eigenvalue weighted by Crippen LogP contribution is 2.31. The maximum Gasteiger partial charge on any atom is 0.211 e. The topological polar surface area (TPSA) is 75.2 Å². The summed E-state index contributed by atoms with van der Waals surface area (Å²) in [6.07, 6.45) is 6.50. The van der Waals surface area contributed by atoms with Gasteiger partial charge in [-0.1, -0.05) is 6.07 Å². The molecule has 1 saturated heterocycles. The van der Waals surface area contributed by atoms with E-state index in [0.29, 0.717) is 13.1 Å². The SMILES string of the molecule is Cc1cccc(-c2cc(NC3CCN(S(C)(=O)=O)CC3)c3cnccc3c2)n1. The van der Waals surface area contributed by atoms with Crippen molar-refractivity contribution in [1.82, 2.24) is 14.3 Å². The summed E-state index contributed by atoms with van der Waals surface area (Å²) in [6.45, 7) is 3.08. The van der Waals surface area contributed by atoms with Gasteiger partial charge in [0.2, 0.25) is 10.0 Å². The molecule has 0 radical (unpaired) electrons. The fourth-order valence-electron chi connectivity index (χ4n) is 3.72. The number of hydrogen-bond donors (Lipinski definition) is 1. The van der Waals surface area contributed by atoms with Crippen molar-refractivity contribution in [2.75, 3.05) is 24.7 Å². The number of hydrogen-bond acceptors (Lipinski definition) is 5. The molecule has 0 amide bonds. The molecule has 0 spiro atoms. The minimum Gasteiger partial charge on any atom is -0.382 e. The molecule has 1 fully saturated rings. The number of aryl methyl sites for hydroxylation is 1. The number of aromatic nitrogens is 2. The van der Waals surface area contributed by atoms with Gasteiger partial charge in [0.1, 0.15) is 0 Å². The van der Waals surface area contributed by atoms with Gasteiger partial charge in [0.15, 0.2) is 0 Å². The highest BCUT2D eigenvalue weighted by atomic mass is 32.2. The molecule has 146 valence electrons. The Labute approximate surface area is 165 Å². The third-order valence-corrected chi connectivity index (χ3v) is 6.53. The summed E-state index contributed by atoms with van der Waals surface area (Å²) in [6, 6.07) is 12.5. The zero-order valence-corrected chi connectivity index (χ0v) is 16.9. The van der Waals surface area contributed by atoms with Crippen LogP contribution in [-0.2, 0) is 10.0 Å². The molecule has 1 aromatic carbocycles. The van der Waals surface area contributed by atoms with E-state index >= 15 is 0 Å². The van der Waals surface area contributed by atoms with E-state index in [-0.39, 0.29) is 6.04 Å². The number of sulfonamides is 1. The van der Waals surface area contributed by atoms with E-state index in [9.17, 15) is 8.42 Å².